The van der Waals surface area contributed by atoms with Gasteiger partial charge in [-0.25, -0.2) is 14.1 Å². The number of thioether (sulfide) groups is 1. The van der Waals surface area contributed by atoms with Crippen molar-refractivity contribution in [1.82, 2.24) is 0 Å². The van der Waals surface area contributed by atoms with Gasteiger partial charge in [0.05, 0.1) is 24.4 Å². The van der Waals surface area contributed by atoms with E-state index in [1.165, 1.54) is 13.2 Å². The summed E-state index contributed by atoms with van der Waals surface area (Å²) in [5, 5.41) is -0.692. The second-order valence-corrected chi connectivity index (χ2v) is 9.54. The highest BCUT2D eigenvalue weighted by atomic mass is 35.5. The SMILES string of the molecule is CCCOC(=O)C1=C(C(=O)N(C(=O)CCl)c2cc(SC(C)C(=O)OC)c(Cl)cc2F)CCCC1. The Morgan fingerprint density at radius 3 is 2.41 bits per heavy atom. The first kappa shape index (κ1) is 28.1. The zero-order valence-electron chi connectivity index (χ0n) is 19.1. The number of methoxy groups -OCH3 is 1. The molecule has 2 rings (SSSR count). The molecule has 2 amide bonds. The second kappa shape index (κ2) is 13.1. The van der Waals surface area contributed by atoms with Gasteiger partial charge in [0.1, 0.15) is 16.9 Å². The van der Waals surface area contributed by atoms with Crippen LogP contribution in [0, 0.1) is 5.82 Å². The lowest BCUT2D eigenvalue weighted by atomic mass is 9.90. The molecule has 11 heteroatoms. The molecule has 0 bridgehead atoms. The van der Waals surface area contributed by atoms with Crippen molar-refractivity contribution in [3.8, 4) is 0 Å². The number of benzene rings is 1. The van der Waals surface area contributed by atoms with Gasteiger partial charge in [-0.1, -0.05) is 18.5 Å². The molecule has 34 heavy (non-hydrogen) atoms. The van der Waals surface area contributed by atoms with E-state index in [1.807, 2.05) is 6.92 Å². The van der Waals surface area contributed by atoms with Crippen molar-refractivity contribution in [3.63, 3.8) is 0 Å². The first-order valence-corrected chi connectivity index (χ1v) is 12.5. The number of hydrogen-bond acceptors (Lipinski definition) is 7. The van der Waals surface area contributed by atoms with E-state index in [1.54, 1.807) is 6.92 Å². The molecule has 1 aromatic rings. The van der Waals surface area contributed by atoms with Gasteiger partial charge in [0.2, 0.25) is 5.91 Å². The van der Waals surface area contributed by atoms with Crippen molar-refractivity contribution in [2.24, 2.45) is 0 Å². The number of carbonyl (C=O) groups excluding carboxylic acids is 4. The molecule has 0 fully saturated rings. The Hall–Kier alpha value is -2.10. The Balaban J connectivity index is 2.55. The maximum atomic E-state index is 15.0. The molecule has 1 aliphatic rings. The molecule has 0 spiro atoms. The third kappa shape index (κ3) is 6.73. The maximum absolute atomic E-state index is 15.0. The molecule has 1 aromatic carbocycles. The van der Waals surface area contributed by atoms with E-state index in [9.17, 15) is 19.2 Å². The maximum Gasteiger partial charge on any atom is 0.334 e. The molecule has 0 radical (unpaired) electrons. The molecular weight excluding hydrogens is 508 g/mol. The van der Waals surface area contributed by atoms with E-state index in [0.29, 0.717) is 30.6 Å². The molecule has 7 nitrogen and oxygen atoms in total. The predicted octanol–water partition coefficient (Wildman–Crippen LogP) is 5.05. The number of halogens is 3. The Labute approximate surface area is 211 Å². The molecular formula is C23H26Cl2FNO6S. The molecule has 0 saturated heterocycles. The summed E-state index contributed by atoms with van der Waals surface area (Å²) in [5.41, 5.74) is -0.100. The largest absolute Gasteiger partial charge is 0.468 e. The average Bonchev–Trinajstić information content (AvgIpc) is 2.84. The van der Waals surface area contributed by atoms with Crippen LogP contribution < -0.4 is 4.90 Å². The Bertz CT molecular complexity index is 1000. The number of hydrogen-bond donors (Lipinski definition) is 0. The van der Waals surface area contributed by atoms with Crippen molar-refractivity contribution in [2.75, 3.05) is 24.5 Å². The number of rotatable bonds is 9. The first-order chi connectivity index (χ1) is 16.2. The smallest absolute Gasteiger partial charge is 0.334 e. The summed E-state index contributed by atoms with van der Waals surface area (Å²) in [6, 6.07) is 2.17. The highest BCUT2D eigenvalue weighted by Crippen LogP contribution is 2.37. The second-order valence-electron chi connectivity index (χ2n) is 7.49. The lowest BCUT2D eigenvalue weighted by Gasteiger charge is -2.26. The van der Waals surface area contributed by atoms with E-state index < -0.39 is 40.7 Å². The number of esters is 2. The van der Waals surface area contributed by atoms with Crippen LogP contribution in [0.3, 0.4) is 0 Å². The van der Waals surface area contributed by atoms with Crippen molar-refractivity contribution in [1.29, 1.82) is 0 Å². The van der Waals surface area contributed by atoms with E-state index >= 15 is 4.39 Å². The van der Waals surface area contributed by atoms with Gasteiger partial charge in [-0.15, -0.1) is 23.4 Å². The van der Waals surface area contributed by atoms with Crippen LogP contribution in [0.5, 0.6) is 0 Å². The van der Waals surface area contributed by atoms with Crippen LogP contribution in [-0.4, -0.2) is 48.6 Å². The topological polar surface area (TPSA) is 90.0 Å². The number of nitrogens with zero attached hydrogens (tertiary/aromatic N) is 1. The minimum absolute atomic E-state index is 0.00608. The fraction of sp³-hybridized carbons (Fsp3) is 0.478. The normalized spacial score (nSPS) is 14.4. The fourth-order valence-corrected chi connectivity index (χ4v) is 4.71. The van der Waals surface area contributed by atoms with Gasteiger partial charge in [-0.3, -0.25) is 14.4 Å². The van der Waals surface area contributed by atoms with Crippen LogP contribution in [0.25, 0.3) is 0 Å². The fourth-order valence-electron chi connectivity index (χ4n) is 3.38. The summed E-state index contributed by atoms with van der Waals surface area (Å²) in [5.74, 6) is -4.39. The van der Waals surface area contributed by atoms with E-state index in [0.717, 1.165) is 17.8 Å². The van der Waals surface area contributed by atoms with Crippen LogP contribution in [0.1, 0.15) is 46.0 Å². The van der Waals surface area contributed by atoms with Crippen molar-refractivity contribution in [3.05, 3.63) is 34.1 Å². The van der Waals surface area contributed by atoms with Crippen LogP contribution in [0.15, 0.2) is 28.2 Å². The number of ether oxygens (including phenoxy) is 2. The number of amides is 2. The van der Waals surface area contributed by atoms with Gasteiger partial charge in [0.15, 0.2) is 0 Å². The highest BCUT2D eigenvalue weighted by molar-refractivity contribution is 8.00. The van der Waals surface area contributed by atoms with Gasteiger partial charge in [0, 0.05) is 16.0 Å². The van der Waals surface area contributed by atoms with Crippen LogP contribution in [-0.2, 0) is 28.7 Å². The number of imide groups is 1. The van der Waals surface area contributed by atoms with Crippen molar-refractivity contribution >= 4 is 64.4 Å². The molecule has 0 N–H and O–H groups in total. The Morgan fingerprint density at radius 1 is 1.18 bits per heavy atom. The molecule has 186 valence electrons. The minimum atomic E-state index is -0.932. The standard InChI is InChI=1S/C23H26Cl2FNO6S/c1-4-9-33-23(31)15-8-6-5-7-14(15)21(29)27(20(28)12-24)18-11-19(16(25)10-17(18)26)34-13(2)22(30)32-3/h10-11,13H,4-9,12H2,1-3H3. The lowest BCUT2D eigenvalue weighted by molar-refractivity contribution is -0.140. The molecule has 1 unspecified atom stereocenters. The molecule has 0 heterocycles. The third-order valence-corrected chi connectivity index (χ3v) is 6.85. The molecule has 1 atom stereocenters. The molecule has 0 aromatic heterocycles. The van der Waals surface area contributed by atoms with Crippen LogP contribution >= 0.6 is 35.0 Å². The summed E-state index contributed by atoms with van der Waals surface area (Å²) < 4.78 is 24.9. The van der Waals surface area contributed by atoms with Gasteiger partial charge in [0.25, 0.3) is 5.91 Å². The van der Waals surface area contributed by atoms with Gasteiger partial charge in [-0.2, -0.15) is 0 Å². The highest BCUT2D eigenvalue weighted by Gasteiger charge is 2.33. The lowest BCUT2D eigenvalue weighted by Crippen LogP contribution is -2.40. The Kier molecular flexibility index (Phi) is 10.9. The predicted molar refractivity (Wildman–Crippen MR) is 129 cm³/mol. The summed E-state index contributed by atoms with van der Waals surface area (Å²) in [6.07, 6.45) is 2.46. The first-order valence-electron chi connectivity index (χ1n) is 10.7. The van der Waals surface area contributed by atoms with Crippen LogP contribution in [0.2, 0.25) is 5.02 Å². The molecule has 0 saturated carbocycles. The average molecular weight is 534 g/mol. The van der Waals surface area contributed by atoms with E-state index in [2.05, 4.69) is 0 Å². The summed E-state index contributed by atoms with van der Waals surface area (Å²) in [6.45, 7) is 3.61. The summed E-state index contributed by atoms with van der Waals surface area (Å²) in [7, 11) is 1.23. The number of anilines is 1. The zero-order valence-corrected chi connectivity index (χ0v) is 21.4. The van der Waals surface area contributed by atoms with Crippen LogP contribution in [0.4, 0.5) is 10.1 Å². The summed E-state index contributed by atoms with van der Waals surface area (Å²) >= 11 is 12.9. The zero-order chi connectivity index (χ0) is 25.4. The van der Waals surface area contributed by atoms with Crippen molar-refractivity contribution < 1.29 is 33.0 Å². The molecule has 1 aliphatic carbocycles. The number of alkyl halides is 1. The van der Waals surface area contributed by atoms with Gasteiger partial charge >= 0.3 is 11.9 Å². The minimum Gasteiger partial charge on any atom is -0.468 e. The Morgan fingerprint density at radius 2 is 1.82 bits per heavy atom. The number of carbonyl (C=O) groups is 4. The van der Waals surface area contributed by atoms with E-state index in [4.69, 9.17) is 32.7 Å². The van der Waals surface area contributed by atoms with Gasteiger partial charge < -0.3 is 9.47 Å². The van der Waals surface area contributed by atoms with Crippen molar-refractivity contribution in [2.45, 2.75) is 56.1 Å². The quantitative estimate of drug-likeness (QED) is 0.249. The van der Waals surface area contributed by atoms with Gasteiger partial charge in [-0.05, 0) is 51.2 Å². The van der Waals surface area contributed by atoms with E-state index in [-0.39, 0.29) is 39.8 Å². The molecule has 0 aliphatic heterocycles. The monoisotopic (exact) mass is 533 g/mol. The summed E-state index contributed by atoms with van der Waals surface area (Å²) in [4.78, 5) is 51.5. The third-order valence-electron chi connectivity index (χ3n) is 5.06.